The molecule has 6 nitrogen and oxygen atoms in total. The Morgan fingerprint density at radius 1 is 1.32 bits per heavy atom. The molecule has 0 heterocycles. The molecule has 0 radical (unpaired) electrons. The van der Waals surface area contributed by atoms with Crippen molar-refractivity contribution < 1.29 is 14.6 Å². The van der Waals surface area contributed by atoms with Crippen molar-refractivity contribution in [3.8, 4) is 0 Å². The lowest BCUT2D eigenvalue weighted by Gasteiger charge is -2.18. The minimum Gasteiger partial charge on any atom is -0.273 e. The van der Waals surface area contributed by atoms with E-state index in [9.17, 15) is 14.9 Å². The standard InChI is InChI=1S/C13H18N2O4/c1-13(2,3)19-14-12(16)9-6-10-4-7-11(8-5-10)15(17)18/h4-5,7-8H,6,9H2,1-3H3,(H,14,16). The Morgan fingerprint density at radius 2 is 1.89 bits per heavy atom. The molecule has 0 aromatic heterocycles. The van der Waals surface area contributed by atoms with Crippen LogP contribution in [0.25, 0.3) is 0 Å². The van der Waals surface area contributed by atoms with E-state index >= 15 is 0 Å². The molecule has 6 heteroatoms. The number of hydrogen-bond donors (Lipinski definition) is 1. The van der Waals surface area contributed by atoms with Gasteiger partial charge in [0.05, 0.1) is 10.5 Å². The molecule has 1 N–H and O–H groups in total. The van der Waals surface area contributed by atoms with Gasteiger partial charge in [0.1, 0.15) is 0 Å². The number of rotatable bonds is 5. The smallest absolute Gasteiger partial charge is 0.269 e. The first-order valence-electron chi connectivity index (χ1n) is 5.98. The van der Waals surface area contributed by atoms with E-state index in [1.807, 2.05) is 20.8 Å². The third-order valence-corrected chi connectivity index (χ3v) is 2.26. The minimum atomic E-state index is -0.451. The lowest BCUT2D eigenvalue weighted by atomic mass is 10.1. The van der Waals surface area contributed by atoms with E-state index in [2.05, 4.69) is 5.48 Å². The first-order chi connectivity index (χ1) is 8.78. The van der Waals surface area contributed by atoms with Crippen molar-refractivity contribution in [2.75, 3.05) is 0 Å². The van der Waals surface area contributed by atoms with Gasteiger partial charge >= 0.3 is 0 Å². The summed E-state index contributed by atoms with van der Waals surface area (Å²) in [5.74, 6) is -0.215. The maximum atomic E-state index is 11.5. The fourth-order valence-corrected chi connectivity index (χ4v) is 1.30. The lowest BCUT2D eigenvalue weighted by Crippen LogP contribution is -2.33. The molecule has 0 aliphatic carbocycles. The Kier molecular flexibility index (Phi) is 5.00. The normalized spacial score (nSPS) is 11.1. The molecule has 0 spiro atoms. The fraction of sp³-hybridized carbons (Fsp3) is 0.462. The predicted octanol–water partition coefficient (Wildman–Crippen LogP) is 2.37. The number of aryl methyl sites for hydroxylation is 1. The van der Waals surface area contributed by atoms with Crippen LogP contribution in [0.4, 0.5) is 5.69 Å². The molecule has 0 atom stereocenters. The SMILES string of the molecule is CC(C)(C)ONC(=O)CCc1ccc([N+](=O)[O-])cc1. The van der Waals surface area contributed by atoms with E-state index in [0.717, 1.165) is 5.56 Å². The average Bonchev–Trinajstić information content (AvgIpc) is 2.33. The van der Waals surface area contributed by atoms with Crippen LogP contribution in [0.15, 0.2) is 24.3 Å². The van der Waals surface area contributed by atoms with Crippen molar-refractivity contribution in [1.82, 2.24) is 5.48 Å². The van der Waals surface area contributed by atoms with Gasteiger partial charge in [-0.3, -0.25) is 19.7 Å². The topological polar surface area (TPSA) is 81.5 Å². The van der Waals surface area contributed by atoms with Crippen molar-refractivity contribution in [2.45, 2.75) is 39.2 Å². The number of benzene rings is 1. The van der Waals surface area contributed by atoms with Gasteiger partial charge in [-0.1, -0.05) is 12.1 Å². The van der Waals surface area contributed by atoms with Crippen LogP contribution >= 0.6 is 0 Å². The number of hydrogen-bond acceptors (Lipinski definition) is 4. The number of nitro benzene ring substituents is 1. The molecule has 0 fully saturated rings. The van der Waals surface area contributed by atoms with Gasteiger partial charge < -0.3 is 0 Å². The van der Waals surface area contributed by atoms with Crippen LogP contribution < -0.4 is 5.48 Å². The highest BCUT2D eigenvalue weighted by Gasteiger charge is 2.12. The Hall–Kier alpha value is -1.95. The second-order valence-corrected chi connectivity index (χ2v) is 5.16. The van der Waals surface area contributed by atoms with Gasteiger partial charge in [0.15, 0.2) is 0 Å². The van der Waals surface area contributed by atoms with Crippen molar-refractivity contribution >= 4 is 11.6 Å². The molecule has 1 aromatic rings. The number of nitrogens with zero attached hydrogens (tertiary/aromatic N) is 1. The van der Waals surface area contributed by atoms with Gasteiger partial charge in [-0.15, -0.1) is 0 Å². The third kappa shape index (κ3) is 5.96. The molecule has 0 aliphatic rings. The number of carbonyl (C=O) groups is 1. The summed E-state index contributed by atoms with van der Waals surface area (Å²) in [6.45, 7) is 5.51. The summed E-state index contributed by atoms with van der Waals surface area (Å²) in [6.07, 6.45) is 0.783. The van der Waals surface area contributed by atoms with Crippen molar-refractivity contribution in [1.29, 1.82) is 0 Å². The van der Waals surface area contributed by atoms with Gasteiger partial charge in [-0.25, -0.2) is 5.48 Å². The Morgan fingerprint density at radius 3 is 2.37 bits per heavy atom. The van der Waals surface area contributed by atoms with Gasteiger partial charge in [0.2, 0.25) is 5.91 Å². The average molecular weight is 266 g/mol. The molecule has 19 heavy (non-hydrogen) atoms. The van der Waals surface area contributed by atoms with E-state index < -0.39 is 10.5 Å². The van der Waals surface area contributed by atoms with E-state index in [-0.39, 0.29) is 18.0 Å². The zero-order valence-electron chi connectivity index (χ0n) is 11.3. The quantitative estimate of drug-likeness (QED) is 0.655. The zero-order valence-corrected chi connectivity index (χ0v) is 11.3. The molecule has 0 unspecified atom stereocenters. The summed E-state index contributed by atoms with van der Waals surface area (Å²) < 4.78 is 0. The van der Waals surface area contributed by atoms with Crippen LogP contribution in [-0.2, 0) is 16.1 Å². The molecule has 104 valence electrons. The number of hydroxylamine groups is 1. The van der Waals surface area contributed by atoms with Crippen LogP contribution in [0.2, 0.25) is 0 Å². The highest BCUT2D eigenvalue weighted by Crippen LogP contribution is 2.13. The van der Waals surface area contributed by atoms with Crippen molar-refractivity contribution in [2.24, 2.45) is 0 Å². The number of amides is 1. The number of nitrogens with one attached hydrogen (secondary N) is 1. The Bertz CT molecular complexity index is 449. The van der Waals surface area contributed by atoms with Gasteiger partial charge in [0, 0.05) is 18.6 Å². The van der Waals surface area contributed by atoms with Crippen LogP contribution in [-0.4, -0.2) is 16.4 Å². The van der Waals surface area contributed by atoms with E-state index in [1.165, 1.54) is 12.1 Å². The van der Waals surface area contributed by atoms with Crippen LogP contribution in [0.1, 0.15) is 32.8 Å². The lowest BCUT2D eigenvalue weighted by molar-refractivity contribution is -0.384. The molecular weight excluding hydrogens is 248 g/mol. The predicted molar refractivity (Wildman–Crippen MR) is 70.4 cm³/mol. The van der Waals surface area contributed by atoms with E-state index in [1.54, 1.807) is 12.1 Å². The maximum Gasteiger partial charge on any atom is 0.269 e. The first kappa shape index (κ1) is 15.1. The van der Waals surface area contributed by atoms with E-state index in [0.29, 0.717) is 6.42 Å². The number of non-ortho nitro benzene ring substituents is 1. The van der Waals surface area contributed by atoms with Gasteiger partial charge in [0.25, 0.3) is 5.69 Å². The maximum absolute atomic E-state index is 11.5. The largest absolute Gasteiger partial charge is 0.273 e. The first-order valence-corrected chi connectivity index (χ1v) is 5.98. The van der Waals surface area contributed by atoms with Crippen LogP contribution in [0.5, 0.6) is 0 Å². The highest BCUT2D eigenvalue weighted by molar-refractivity contribution is 5.75. The molecular formula is C13H18N2O4. The highest BCUT2D eigenvalue weighted by atomic mass is 16.7. The number of nitro groups is 1. The van der Waals surface area contributed by atoms with Crippen molar-refractivity contribution in [3.63, 3.8) is 0 Å². The molecule has 0 saturated carbocycles. The second-order valence-electron chi connectivity index (χ2n) is 5.16. The fourth-order valence-electron chi connectivity index (χ4n) is 1.30. The second kappa shape index (κ2) is 6.29. The summed E-state index contributed by atoms with van der Waals surface area (Å²) >= 11 is 0. The summed E-state index contributed by atoms with van der Waals surface area (Å²) in [5, 5.41) is 10.5. The molecule has 1 rings (SSSR count). The molecule has 0 bridgehead atoms. The summed E-state index contributed by atoms with van der Waals surface area (Å²) in [7, 11) is 0. The van der Waals surface area contributed by atoms with Crippen LogP contribution in [0, 0.1) is 10.1 Å². The van der Waals surface area contributed by atoms with Gasteiger partial charge in [-0.05, 0) is 32.8 Å². The third-order valence-electron chi connectivity index (χ3n) is 2.26. The molecule has 1 amide bonds. The van der Waals surface area contributed by atoms with Crippen LogP contribution in [0.3, 0.4) is 0 Å². The summed E-state index contributed by atoms with van der Waals surface area (Å²) in [6, 6.07) is 6.16. The molecule has 1 aromatic carbocycles. The minimum absolute atomic E-state index is 0.0456. The summed E-state index contributed by atoms with van der Waals surface area (Å²) in [5.41, 5.74) is 2.87. The van der Waals surface area contributed by atoms with Crippen molar-refractivity contribution in [3.05, 3.63) is 39.9 Å². The monoisotopic (exact) mass is 266 g/mol. The Labute approximate surface area is 111 Å². The zero-order chi connectivity index (χ0) is 14.5. The van der Waals surface area contributed by atoms with Gasteiger partial charge in [-0.2, -0.15) is 0 Å². The Balaban J connectivity index is 2.40. The molecule has 0 aliphatic heterocycles. The summed E-state index contributed by atoms with van der Waals surface area (Å²) in [4.78, 5) is 26.7. The molecule has 0 saturated heterocycles. The van der Waals surface area contributed by atoms with E-state index in [4.69, 9.17) is 4.84 Å². The number of carbonyl (C=O) groups excluding carboxylic acids is 1.